The highest BCUT2D eigenvalue weighted by Crippen LogP contribution is 2.39. The molecule has 21 heavy (non-hydrogen) atoms. The first-order chi connectivity index (χ1) is 9.77. The first-order valence-electron chi connectivity index (χ1n) is 7.23. The van der Waals surface area contributed by atoms with Crippen LogP contribution in [-0.4, -0.2) is 0 Å². The molecule has 0 amide bonds. The molecule has 0 nitrogen and oxygen atoms in total. The molecule has 1 atom stereocenters. The van der Waals surface area contributed by atoms with Crippen molar-refractivity contribution in [2.24, 2.45) is 0 Å². The van der Waals surface area contributed by atoms with Crippen LogP contribution in [0.5, 0.6) is 0 Å². The second kappa shape index (κ2) is 6.14. The van der Waals surface area contributed by atoms with E-state index in [1.165, 1.54) is 44.5 Å². The van der Waals surface area contributed by atoms with Crippen LogP contribution >= 0.6 is 27.5 Å². The maximum Gasteiger partial charge on any atom is 0.0843 e. The van der Waals surface area contributed by atoms with Crippen LogP contribution in [0.2, 0.25) is 0 Å². The summed E-state index contributed by atoms with van der Waals surface area (Å²) < 4.78 is 1.11. The topological polar surface area (TPSA) is 0 Å². The fourth-order valence-corrected chi connectivity index (χ4v) is 3.91. The zero-order valence-electron chi connectivity index (χ0n) is 13.6. The summed E-state index contributed by atoms with van der Waals surface area (Å²) in [7, 11) is 0. The van der Waals surface area contributed by atoms with Crippen molar-refractivity contribution in [1.29, 1.82) is 0 Å². The van der Waals surface area contributed by atoms with Crippen LogP contribution < -0.4 is 0 Å². The first kappa shape index (κ1) is 16.6. The third kappa shape index (κ3) is 2.78. The Bertz CT molecular complexity index is 672. The molecular formula is C19H22BrCl. The summed E-state index contributed by atoms with van der Waals surface area (Å²) in [5.41, 5.74) is 10.4. The maximum atomic E-state index is 6.89. The van der Waals surface area contributed by atoms with E-state index in [1.54, 1.807) is 0 Å². The second-order valence-corrected chi connectivity index (χ2v) is 7.15. The molecule has 0 aliphatic heterocycles. The minimum Gasteiger partial charge on any atom is -0.113 e. The smallest absolute Gasteiger partial charge is 0.0843 e. The average Bonchev–Trinajstić information content (AvgIpc) is 2.46. The first-order valence-corrected chi connectivity index (χ1v) is 8.46. The number of hydrogen-bond donors (Lipinski definition) is 0. The van der Waals surface area contributed by atoms with Gasteiger partial charge in [-0.05, 0) is 92.1 Å². The summed E-state index contributed by atoms with van der Waals surface area (Å²) >= 11 is 10.5. The third-order valence-corrected chi connectivity index (χ3v) is 6.21. The number of halogens is 2. The lowest BCUT2D eigenvalue weighted by Gasteiger charge is -2.23. The molecule has 0 bridgehead atoms. The molecule has 0 N–H and O–H groups in total. The fourth-order valence-electron chi connectivity index (χ4n) is 2.96. The number of benzene rings is 2. The van der Waals surface area contributed by atoms with Crippen molar-refractivity contribution >= 4 is 27.5 Å². The van der Waals surface area contributed by atoms with Crippen molar-refractivity contribution in [2.75, 3.05) is 0 Å². The average molecular weight is 366 g/mol. The Morgan fingerprint density at radius 2 is 1.24 bits per heavy atom. The summed E-state index contributed by atoms with van der Waals surface area (Å²) in [6, 6.07) is 6.25. The van der Waals surface area contributed by atoms with Crippen LogP contribution in [0, 0.1) is 41.5 Å². The summed E-state index contributed by atoms with van der Waals surface area (Å²) in [5, 5.41) is -0.111. The highest BCUT2D eigenvalue weighted by molar-refractivity contribution is 9.10. The summed E-state index contributed by atoms with van der Waals surface area (Å²) in [6.45, 7) is 13.1. The van der Waals surface area contributed by atoms with Gasteiger partial charge in [-0.2, -0.15) is 0 Å². The van der Waals surface area contributed by atoms with Crippen LogP contribution in [0.25, 0.3) is 0 Å². The molecule has 0 saturated heterocycles. The monoisotopic (exact) mass is 364 g/mol. The number of alkyl halides is 1. The number of hydrogen-bond acceptors (Lipinski definition) is 0. The van der Waals surface area contributed by atoms with Crippen LogP contribution in [0.1, 0.15) is 49.9 Å². The molecule has 0 fully saturated rings. The molecule has 1 unspecified atom stereocenters. The summed E-state index contributed by atoms with van der Waals surface area (Å²) in [4.78, 5) is 0. The van der Waals surface area contributed by atoms with E-state index in [2.05, 4.69) is 75.7 Å². The normalized spacial score (nSPS) is 12.6. The van der Waals surface area contributed by atoms with Crippen molar-refractivity contribution in [2.45, 2.75) is 46.9 Å². The summed E-state index contributed by atoms with van der Waals surface area (Å²) in [6.07, 6.45) is 0. The van der Waals surface area contributed by atoms with Crippen LogP contribution in [0.4, 0.5) is 0 Å². The largest absolute Gasteiger partial charge is 0.113 e. The van der Waals surface area contributed by atoms with Gasteiger partial charge < -0.3 is 0 Å². The SMILES string of the molecule is Cc1c(Br)cccc1C(Cl)c1c(C)c(C)c(C)c(C)c1C. The zero-order valence-corrected chi connectivity index (χ0v) is 15.9. The van der Waals surface area contributed by atoms with Crippen molar-refractivity contribution < 1.29 is 0 Å². The molecule has 0 radical (unpaired) electrons. The third-order valence-electron chi connectivity index (χ3n) is 4.89. The molecule has 0 aliphatic carbocycles. The van der Waals surface area contributed by atoms with Gasteiger partial charge in [0.1, 0.15) is 0 Å². The Morgan fingerprint density at radius 1 is 0.762 bits per heavy atom. The Hall–Kier alpha value is -0.790. The molecule has 112 valence electrons. The van der Waals surface area contributed by atoms with Crippen molar-refractivity contribution in [3.8, 4) is 0 Å². The van der Waals surface area contributed by atoms with Gasteiger partial charge in [0.25, 0.3) is 0 Å². The van der Waals surface area contributed by atoms with E-state index in [9.17, 15) is 0 Å². The van der Waals surface area contributed by atoms with Crippen molar-refractivity contribution in [1.82, 2.24) is 0 Å². The van der Waals surface area contributed by atoms with Gasteiger partial charge in [-0.1, -0.05) is 28.1 Å². The van der Waals surface area contributed by atoms with Crippen LogP contribution in [0.15, 0.2) is 22.7 Å². The fraction of sp³-hybridized carbons (Fsp3) is 0.368. The second-order valence-electron chi connectivity index (χ2n) is 5.86. The molecule has 0 spiro atoms. The van der Waals surface area contributed by atoms with Crippen LogP contribution in [0.3, 0.4) is 0 Å². The van der Waals surface area contributed by atoms with E-state index in [0.717, 1.165) is 4.47 Å². The maximum absolute atomic E-state index is 6.89. The van der Waals surface area contributed by atoms with Gasteiger partial charge in [-0.25, -0.2) is 0 Å². The van der Waals surface area contributed by atoms with Gasteiger partial charge in [-0.3, -0.25) is 0 Å². The Kier molecular flexibility index (Phi) is 4.85. The molecule has 0 saturated carbocycles. The van der Waals surface area contributed by atoms with Gasteiger partial charge in [0.2, 0.25) is 0 Å². The predicted octanol–water partition coefficient (Wildman–Crippen LogP) is 6.63. The van der Waals surface area contributed by atoms with Gasteiger partial charge in [0.15, 0.2) is 0 Å². The quantitative estimate of drug-likeness (QED) is 0.524. The standard InChI is InChI=1S/C19H22BrCl/c1-10-11(2)13(4)18(14(5)12(10)3)19(21)16-8-7-9-17(20)15(16)6/h7-9,19H,1-6H3. The van der Waals surface area contributed by atoms with E-state index >= 15 is 0 Å². The van der Waals surface area contributed by atoms with Gasteiger partial charge in [-0.15, -0.1) is 11.6 Å². The van der Waals surface area contributed by atoms with E-state index in [-0.39, 0.29) is 5.38 Å². The van der Waals surface area contributed by atoms with E-state index in [0.29, 0.717) is 0 Å². The van der Waals surface area contributed by atoms with E-state index in [1.807, 2.05) is 0 Å². The molecule has 2 rings (SSSR count). The summed E-state index contributed by atoms with van der Waals surface area (Å²) in [5.74, 6) is 0. The Balaban J connectivity index is 2.70. The molecule has 2 aromatic carbocycles. The lowest BCUT2D eigenvalue weighted by atomic mass is 9.86. The lowest BCUT2D eigenvalue weighted by Crippen LogP contribution is -2.07. The van der Waals surface area contributed by atoms with Crippen molar-refractivity contribution in [3.05, 3.63) is 67.2 Å². The molecule has 2 aromatic rings. The molecule has 0 aliphatic rings. The van der Waals surface area contributed by atoms with Gasteiger partial charge in [0.05, 0.1) is 5.38 Å². The Morgan fingerprint density at radius 3 is 1.76 bits per heavy atom. The molecular weight excluding hydrogens is 344 g/mol. The predicted molar refractivity (Wildman–Crippen MR) is 96.7 cm³/mol. The highest BCUT2D eigenvalue weighted by Gasteiger charge is 2.21. The van der Waals surface area contributed by atoms with Crippen LogP contribution in [-0.2, 0) is 0 Å². The van der Waals surface area contributed by atoms with E-state index < -0.39 is 0 Å². The van der Waals surface area contributed by atoms with Gasteiger partial charge in [0, 0.05) is 4.47 Å². The molecule has 0 aromatic heterocycles. The van der Waals surface area contributed by atoms with Gasteiger partial charge >= 0.3 is 0 Å². The van der Waals surface area contributed by atoms with E-state index in [4.69, 9.17) is 11.6 Å². The molecule has 2 heteroatoms. The minimum atomic E-state index is -0.111. The highest BCUT2D eigenvalue weighted by atomic mass is 79.9. The minimum absolute atomic E-state index is 0.111. The van der Waals surface area contributed by atoms with Crippen molar-refractivity contribution in [3.63, 3.8) is 0 Å². The molecule has 0 heterocycles. The lowest BCUT2D eigenvalue weighted by molar-refractivity contribution is 1.02. The Labute approximate surface area is 141 Å². The number of rotatable bonds is 2. The zero-order chi connectivity index (χ0) is 15.9.